The predicted molar refractivity (Wildman–Crippen MR) is 121 cm³/mol. The lowest BCUT2D eigenvalue weighted by molar-refractivity contribution is 0.0710. The fraction of sp³-hybridized carbons (Fsp3) is 0.292. The standard InChI is InChI=1S/C24H25FN6O2/c1-15-20(23(32)29-12-16-2-5-19(25)6-3-16)14-28-22(30-15)17-8-10-31(11-9-17)24(33)18-4-7-21(26)27-13-18/h2-7,13-14,17H,8-12H2,1H3,(H2,26,27)(H,29,32). The van der Waals surface area contributed by atoms with Gasteiger partial charge in [0.05, 0.1) is 16.8 Å². The number of nitrogens with zero attached hydrogens (tertiary/aromatic N) is 4. The second kappa shape index (κ2) is 9.72. The number of hydrogen-bond acceptors (Lipinski definition) is 6. The van der Waals surface area contributed by atoms with Crippen molar-refractivity contribution in [3.05, 3.63) is 82.8 Å². The summed E-state index contributed by atoms with van der Waals surface area (Å²) >= 11 is 0. The lowest BCUT2D eigenvalue weighted by Crippen LogP contribution is -2.38. The molecule has 4 rings (SSSR count). The third-order valence-electron chi connectivity index (χ3n) is 5.79. The van der Waals surface area contributed by atoms with Crippen LogP contribution in [0.25, 0.3) is 0 Å². The number of halogens is 1. The molecule has 1 aliphatic heterocycles. The van der Waals surface area contributed by atoms with Crippen molar-refractivity contribution in [3.8, 4) is 0 Å². The Morgan fingerprint density at radius 3 is 2.45 bits per heavy atom. The summed E-state index contributed by atoms with van der Waals surface area (Å²) in [6.07, 6.45) is 4.53. The molecule has 170 valence electrons. The molecule has 0 spiro atoms. The first-order valence-corrected chi connectivity index (χ1v) is 10.8. The number of likely N-dealkylation sites (tertiary alicyclic amines) is 1. The molecule has 9 heteroatoms. The summed E-state index contributed by atoms with van der Waals surface area (Å²) < 4.78 is 13.0. The number of carbonyl (C=O) groups excluding carboxylic acids is 2. The van der Waals surface area contributed by atoms with E-state index in [1.807, 2.05) is 0 Å². The number of rotatable bonds is 5. The van der Waals surface area contributed by atoms with E-state index in [-0.39, 0.29) is 30.1 Å². The molecule has 2 aromatic heterocycles. The first kappa shape index (κ1) is 22.3. The van der Waals surface area contributed by atoms with Crippen LogP contribution in [0.5, 0.6) is 0 Å². The van der Waals surface area contributed by atoms with Gasteiger partial charge in [-0.05, 0) is 49.6 Å². The molecule has 8 nitrogen and oxygen atoms in total. The van der Waals surface area contributed by atoms with Gasteiger partial charge in [0, 0.05) is 37.9 Å². The van der Waals surface area contributed by atoms with Crippen LogP contribution >= 0.6 is 0 Å². The van der Waals surface area contributed by atoms with Crippen molar-refractivity contribution in [1.82, 2.24) is 25.2 Å². The molecular weight excluding hydrogens is 423 g/mol. The number of hydrogen-bond donors (Lipinski definition) is 2. The number of carbonyl (C=O) groups is 2. The predicted octanol–water partition coefficient (Wildman–Crippen LogP) is 2.85. The highest BCUT2D eigenvalue weighted by Crippen LogP contribution is 2.27. The minimum Gasteiger partial charge on any atom is -0.384 e. The Hall–Kier alpha value is -3.88. The van der Waals surface area contributed by atoms with Crippen molar-refractivity contribution in [1.29, 1.82) is 0 Å². The van der Waals surface area contributed by atoms with E-state index in [4.69, 9.17) is 5.73 Å². The highest BCUT2D eigenvalue weighted by Gasteiger charge is 2.27. The van der Waals surface area contributed by atoms with Crippen molar-refractivity contribution in [2.75, 3.05) is 18.8 Å². The molecule has 1 saturated heterocycles. The van der Waals surface area contributed by atoms with E-state index in [2.05, 4.69) is 20.3 Å². The Morgan fingerprint density at radius 2 is 1.82 bits per heavy atom. The smallest absolute Gasteiger partial charge is 0.255 e. The molecule has 33 heavy (non-hydrogen) atoms. The van der Waals surface area contributed by atoms with Crippen molar-refractivity contribution < 1.29 is 14.0 Å². The summed E-state index contributed by atoms with van der Waals surface area (Å²) in [6.45, 7) is 3.26. The van der Waals surface area contributed by atoms with E-state index in [9.17, 15) is 14.0 Å². The fourth-order valence-corrected chi connectivity index (χ4v) is 3.84. The van der Waals surface area contributed by atoms with Gasteiger partial charge in [0.15, 0.2) is 0 Å². The quantitative estimate of drug-likeness (QED) is 0.620. The number of benzene rings is 1. The summed E-state index contributed by atoms with van der Waals surface area (Å²) in [7, 11) is 0. The van der Waals surface area contributed by atoms with Crippen molar-refractivity contribution in [3.63, 3.8) is 0 Å². The molecule has 1 aliphatic rings. The topological polar surface area (TPSA) is 114 Å². The Kier molecular flexibility index (Phi) is 6.58. The lowest BCUT2D eigenvalue weighted by atomic mass is 9.95. The molecule has 3 N–H and O–H groups in total. The maximum Gasteiger partial charge on any atom is 0.255 e. The number of nitrogen functional groups attached to an aromatic ring is 1. The van der Waals surface area contributed by atoms with E-state index in [0.29, 0.717) is 41.6 Å². The zero-order chi connectivity index (χ0) is 23.4. The summed E-state index contributed by atoms with van der Waals surface area (Å²) in [5, 5.41) is 2.81. The second-order valence-corrected chi connectivity index (χ2v) is 8.07. The fourth-order valence-electron chi connectivity index (χ4n) is 3.84. The minimum atomic E-state index is -0.317. The number of pyridine rings is 1. The highest BCUT2D eigenvalue weighted by atomic mass is 19.1. The third-order valence-corrected chi connectivity index (χ3v) is 5.79. The molecule has 0 aliphatic carbocycles. The SMILES string of the molecule is Cc1nc(C2CCN(C(=O)c3ccc(N)nc3)CC2)ncc1C(=O)NCc1ccc(F)cc1. The average Bonchev–Trinajstić information content (AvgIpc) is 2.83. The third kappa shape index (κ3) is 5.31. The van der Waals surface area contributed by atoms with E-state index < -0.39 is 0 Å². The second-order valence-electron chi connectivity index (χ2n) is 8.07. The van der Waals surface area contributed by atoms with Crippen molar-refractivity contribution in [2.24, 2.45) is 0 Å². The van der Waals surface area contributed by atoms with Crippen molar-refractivity contribution >= 4 is 17.6 Å². The van der Waals surface area contributed by atoms with Crippen molar-refractivity contribution in [2.45, 2.75) is 32.2 Å². The van der Waals surface area contributed by atoms with E-state index in [1.165, 1.54) is 18.3 Å². The molecule has 0 radical (unpaired) electrons. The molecule has 3 aromatic rings. The van der Waals surface area contributed by atoms with Crippen LogP contribution in [0.4, 0.5) is 10.2 Å². The molecule has 2 amide bonds. The number of nitrogens with two attached hydrogens (primary N) is 1. The van der Waals surface area contributed by atoms with Gasteiger partial charge in [-0.2, -0.15) is 0 Å². The molecule has 0 saturated carbocycles. The molecule has 0 unspecified atom stereocenters. The maximum atomic E-state index is 13.0. The number of aromatic nitrogens is 3. The molecular formula is C24H25FN6O2. The lowest BCUT2D eigenvalue weighted by Gasteiger charge is -2.31. The number of anilines is 1. The van der Waals surface area contributed by atoms with Crippen LogP contribution in [0.2, 0.25) is 0 Å². The molecule has 1 fully saturated rings. The van der Waals surface area contributed by atoms with Gasteiger partial charge in [0.25, 0.3) is 11.8 Å². The Balaban J connectivity index is 1.34. The number of piperidine rings is 1. The molecule has 3 heterocycles. The number of aryl methyl sites for hydroxylation is 1. The summed E-state index contributed by atoms with van der Waals surface area (Å²) in [5.74, 6) is 0.525. The Bertz CT molecular complexity index is 1140. The van der Waals surface area contributed by atoms with Crippen LogP contribution < -0.4 is 11.1 Å². The van der Waals surface area contributed by atoms with Crippen LogP contribution in [0.15, 0.2) is 48.8 Å². The molecule has 0 atom stereocenters. The van der Waals surface area contributed by atoms with E-state index >= 15 is 0 Å². The van der Waals surface area contributed by atoms with Crippen LogP contribution in [0, 0.1) is 12.7 Å². The normalized spacial score (nSPS) is 14.2. The Labute approximate surface area is 191 Å². The summed E-state index contributed by atoms with van der Waals surface area (Å²) in [5.41, 5.74) is 7.92. The van der Waals surface area contributed by atoms with Crippen LogP contribution in [-0.4, -0.2) is 44.8 Å². The van der Waals surface area contributed by atoms with Gasteiger partial charge < -0.3 is 16.0 Å². The zero-order valence-electron chi connectivity index (χ0n) is 18.3. The minimum absolute atomic E-state index is 0.0637. The number of amides is 2. The summed E-state index contributed by atoms with van der Waals surface area (Å²) in [4.78, 5) is 40.0. The van der Waals surface area contributed by atoms with Crippen LogP contribution in [0.3, 0.4) is 0 Å². The van der Waals surface area contributed by atoms with Crippen LogP contribution in [0.1, 0.15) is 56.6 Å². The van der Waals surface area contributed by atoms with E-state index in [0.717, 1.165) is 18.4 Å². The first-order chi connectivity index (χ1) is 15.9. The van der Waals surface area contributed by atoms with Gasteiger partial charge >= 0.3 is 0 Å². The highest BCUT2D eigenvalue weighted by molar-refractivity contribution is 5.95. The van der Waals surface area contributed by atoms with E-state index in [1.54, 1.807) is 42.3 Å². The average molecular weight is 449 g/mol. The first-order valence-electron chi connectivity index (χ1n) is 10.8. The maximum absolute atomic E-state index is 13.0. The number of nitrogens with one attached hydrogen (secondary N) is 1. The monoisotopic (exact) mass is 448 g/mol. The van der Waals surface area contributed by atoms with Crippen LogP contribution in [-0.2, 0) is 6.54 Å². The Morgan fingerprint density at radius 1 is 1.09 bits per heavy atom. The summed E-state index contributed by atoms with van der Waals surface area (Å²) in [6, 6.07) is 9.27. The molecule has 1 aromatic carbocycles. The van der Waals surface area contributed by atoms with Gasteiger partial charge in [-0.25, -0.2) is 19.3 Å². The van der Waals surface area contributed by atoms with Gasteiger partial charge in [-0.15, -0.1) is 0 Å². The zero-order valence-corrected chi connectivity index (χ0v) is 18.3. The van der Waals surface area contributed by atoms with Gasteiger partial charge in [-0.1, -0.05) is 12.1 Å². The van der Waals surface area contributed by atoms with Gasteiger partial charge in [0.1, 0.15) is 17.5 Å². The van der Waals surface area contributed by atoms with Gasteiger partial charge in [-0.3, -0.25) is 9.59 Å². The molecule has 0 bridgehead atoms. The van der Waals surface area contributed by atoms with Gasteiger partial charge in [0.2, 0.25) is 0 Å². The largest absolute Gasteiger partial charge is 0.384 e.